The Morgan fingerprint density at radius 3 is 2.18 bits per heavy atom. The molecule has 1 nitrogen and oxygen atoms in total. The molecular weight excluding hydrogens is 136 g/mol. The van der Waals surface area contributed by atoms with Crippen LogP contribution in [0, 0.1) is 0 Å². The molecule has 0 aliphatic carbocycles. The van der Waals surface area contributed by atoms with Gasteiger partial charge in [-0.15, -0.1) is 0 Å². The van der Waals surface area contributed by atoms with E-state index in [0.717, 1.165) is 12.8 Å². The Morgan fingerprint density at radius 1 is 1.18 bits per heavy atom. The zero-order chi connectivity index (χ0) is 8.69. The summed E-state index contributed by atoms with van der Waals surface area (Å²) in [5.74, 6) is 0. The Hall–Kier alpha value is -0.560. The number of aliphatic hydroxyl groups is 1. The van der Waals surface area contributed by atoms with Gasteiger partial charge >= 0.3 is 0 Å². The second-order valence-electron chi connectivity index (χ2n) is 2.87. The van der Waals surface area contributed by atoms with Crippen LogP contribution in [-0.2, 0) is 0 Å². The Kier molecular flexibility index (Phi) is 5.86. The van der Waals surface area contributed by atoms with Gasteiger partial charge in [0.2, 0.25) is 0 Å². The molecule has 0 heterocycles. The topological polar surface area (TPSA) is 20.2 Å². The Morgan fingerprint density at radius 2 is 1.73 bits per heavy atom. The van der Waals surface area contributed by atoms with Crippen molar-refractivity contribution in [2.75, 3.05) is 6.61 Å². The van der Waals surface area contributed by atoms with Crippen LogP contribution in [-0.4, -0.2) is 11.7 Å². The number of hydrogen-bond donors (Lipinski definition) is 1. The van der Waals surface area contributed by atoms with Crippen molar-refractivity contribution in [1.29, 1.82) is 0 Å². The molecule has 0 atom stereocenters. The molecule has 1 N–H and O–H groups in total. The highest BCUT2D eigenvalue weighted by Crippen LogP contribution is 2.09. The monoisotopic (exact) mass is 154 g/mol. The number of rotatable bonds is 4. The van der Waals surface area contributed by atoms with E-state index in [0.29, 0.717) is 0 Å². The molecule has 0 amide bonds. The van der Waals surface area contributed by atoms with Gasteiger partial charge in [-0.05, 0) is 33.6 Å². The molecule has 0 radical (unpaired) electrons. The summed E-state index contributed by atoms with van der Waals surface area (Å²) in [4.78, 5) is 0. The SMILES string of the molecule is C/C=C(\C)CC/C(C)=C\CO. The molecule has 0 bridgehead atoms. The average Bonchev–Trinajstić information content (AvgIpc) is 2.01. The lowest BCUT2D eigenvalue weighted by molar-refractivity contribution is 0.341. The minimum atomic E-state index is 0.167. The minimum absolute atomic E-state index is 0.167. The molecular formula is C10H18O. The van der Waals surface area contributed by atoms with Crippen molar-refractivity contribution in [2.24, 2.45) is 0 Å². The molecule has 0 aromatic heterocycles. The molecule has 11 heavy (non-hydrogen) atoms. The lowest BCUT2D eigenvalue weighted by Crippen LogP contribution is -1.83. The lowest BCUT2D eigenvalue weighted by atomic mass is 10.1. The van der Waals surface area contributed by atoms with E-state index in [4.69, 9.17) is 5.11 Å². The van der Waals surface area contributed by atoms with E-state index in [1.807, 2.05) is 6.08 Å². The summed E-state index contributed by atoms with van der Waals surface area (Å²) in [7, 11) is 0. The van der Waals surface area contributed by atoms with Crippen LogP contribution >= 0.6 is 0 Å². The van der Waals surface area contributed by atoms with Crippen molar-refractivity contribution < 1.29 is 5.11 Å². The second-order valence-corrected chi connectivity index (χ2v) is 2.87. The minimum Gasteiger partial charge on any atom is -0.392 e. The normalized spacial score (nSPS) is 13.8. The van der Waals surface area contributed by atoms with Crippen LogP contribution in [0.4, 0.5) is 0 Å². The highest BCUT2D eigenvalue weighted by Gasteiger charge is 1.90. The van der Waals surface area contributed by atoms with Gasteiger partial charge in [0.25, 0.3) is 0 Å². The van der Waals surface area contributed by atoms with Crippen molar-refractivity contribution in [2.45, 2.75) is 33.6 Å². The molecule has 0 aliphatic heterocycles. The standard InChI is InChI=1S/C10H18O/c1-4-9(2)5-6-10(3)7-8-11/h4,7,11H,5-6,8H2,1-3H3/b9-4+,10-7-. The Labute approximate surface area is 69.4 Å². The van der Waals surface area contributed by atoms with Gasteiger partial charge in [-0.2, -0.15) is 0 Å². The number of hydrogen-bond acceptors (Lipinski definition) is 1. The van der Waals surface area contributed by atoms with Gasteiger partial charge in [-0.25, -0.2) is 0 Å². The van der Waals surface area contributed by atoms with E-state index < -0.39 is 0 Å². The quantitative estimate of drug-likeness (QED) is 0.617. The highest BCUT2D eigenvalue weighted by atomic mass is 16.2. The van der Waals surface area contributed by atoms with Gasteiger partial charge in [-0.3, -0.25) is 0 Å². The van der Waals surface area contributed by atoms with Crippen LogP contribution < -0.4 is 0 Å². The van der Waals surface area contributed by atoms with Crippen LogP contribution in [0.15, 0.2) is 23.3 Å². The molecule has 0 saturated heterocycles. The van der Waals surface area contributed by atoms with Gasteiger partial charge in [0, 0.05) is 0 Å². The second kappa shape index (κ2) is 6.17. The fraction of sp³-hybridized carbons (Fsp3) is 0.600. The van der Waals surface area contributed by atoms with Gasteiger partial charge in [0.1, 0.15) is 0 Å². The summed E-state index contributed by atoms with van der Waals surface area (Å²) in [5.41, 5.74) is 2.68. The zero-order valence-electron chi connectivity index (χ0n) is 7.72. The van der Waals surface area contributed by atoms with Gasteiger partial charge in [-0.1, -0.05) is 23.3 Å². The first-order chi connectivity index (χ1) is 5.20. The van der Waals surface area contributed by atoms with Crippen molar-refractivity contribution in [1.82, 2.24) is 0 Å². The molecule has 0 aromatic rings. The van der Waals surface area contributed by atoms with E-state index >= 15 is 0 Å². The summed E-state index contributed by atoms with van der Waals surface area (Å²) in [6.07, 6.45) is 6.17. The van der Waals surface area contributed by atoms with E-state index in [1.54, 1.807) is 0 Å². The van der Waals surface area contributed by atoms with Crippen molar-refractivity contribution in [3.63, 3.8) is 0 Å². The fourth-order valence-corrected chi connectivity index (χ4v) is 0.797. The van der Waals surface area contributed by atoms with Gasteiger partial charge < -0.3 is 5.11 Å². The highest BCUT2D eigenvalue weighted by molar-refractivity contribution is 5.04. The third-order valence-corrected chi connectivity index (χ3v) is 1.85. The molecule has 0 aliphatic rings. The number of allylic oxidation sites excluding steroid dienone is 3. The smallest absolute Gasteiger partial charge is 0.0614 e. The van der Waals surface area contributed by atoms with Gasteiger partial charge in [0.05, 0.1) is 6.61 Å². The van der Waals surface area contributed by atoms with Crippen LogP contribution in [0.1, 0.15) is 33.6 Å². The maximum atomic E-state index is 8.57. The summed E-state index contributed by atoms with van der Waals surface area (Å²) >= 11 is 0. The molecule has 1 heteroatoms. The predicted molar refractivity (Wildman–Crippen MR) is 49.5 cm³/mol. The van der Waals surface area contributed by atoms with Crippen molar-refractivity contribution in [3.8, 4) is 0 Å². The summed E-state index contributed by atoms with van der Waals surface area (Å²) in [6, 6.07) is 0. The molecule has 0 spiro atoms. The Balaban J connectivity index is 3.62. The van der Waals surface area contributed by atoms with Crippen molar-refractivity contribution in [3.05, 3.63) is 23.3 Å². The van der Waals surface area contributed by atoms with E-state index in [1.165, 1.54) is 11.1 Å². The van der Waals surface area contributed by atoms with E-state index in [-0.39, 0.29) is 6.61 Å². The molecule has 0 unspecified atom stereocenters. The largest absolute Gasteiger partial charge is 0.392 e. The lowest BCUT2D eigenvalue weighted by Gasteiger charge is -2.00. The predicted octanol–water partition coefficient (Wildman–Crippen LogP) is 2.67. The number of aliphatic hydroxyl groups excluding tert-OH is 1. The summed E-state index contributed by atoms with van der Waals surface area (Å²) in [5, 5.41) is 8.57. The van der Waals surface area contributed by atoms with Crippen LogP contribution in [0.2, 0.25) is 0 Å². The van der Waals surface area contributed by atoms with E-state index in [2.05, 4.69) is 26.8 Å². The first-order valence-corrected chi connectivity index (χ1v) is 4.09. The average molecular weight is 154 g/mol. The third-order valence-electron chi connectivity index (χ3n) is 1.85. The molecule has 64 valence electrons. The van der Waals surface area contributed by atoms with Crippen molar-refractivity contribution >= 4 is 0 Å². The first kappa shape index (κ1) is 10.4. The Bertz CT molecular complexity index is 154. The maximum absolute atomic E-state index is 8.57. The molecule has 0 saturated carbocycles. The fourth-order valence-electron chi connectivity index (χ4n) is 0.797. The van der Waals surface area contributed by atoms with Gasteiger partial charge in [0.15, 0.2) is 0 Å². The van der Waals surface area contributed by atoms with Crippen LogP contribution in [0.5, 0.6) is 0 Å². The van der Waals surface area contributed by atoms with Crippen LogP contribution in [0.25, 0.3) is 0 Å². The molecule has 0 rings (SSSR count). The zero-order valence-corrected chi connectivity index (χ0v) is 7.72. The first-order valence-electron chi connectivity index (χ1n) is 4.09. The third kappa shape index (κ3) is 5.86. The summed E-state index contributed by atoms with van der Waals surface area (Å²) in [6.45, 7) is 6.41. The summed E-state index contributed by atoms with van der Waals surface area (Å²) < 4.78 is 0. The van der Waals surface area contributed by atoms with Crippen LogP contribution in [0.3, 0.4) is 0 Å². The van der Waals surface area contributed by atoms with E-state index in [9.17, 15) is 0 Å². The maximum Gasteiger partial charge on any atom is 0.0614 e. The molecule has 0 aromatic carbocycles. The molecule has 0 fully saturated rings.